The SMILES string of the molecule is Cc1ccccc1C(=O)NNS(=O)(=O)c1c(C)noc1C. The third-order valence-electron chi connectivity index (χ3n) is 2.93. The summed E-state index contributed by atoms with van der Waals surface area (Å²) in [5.74, 6) is -0.381. The molecule has 2 aromatic rings. The molecule has 0 aliphatic rings. The first-order valence-electron chi connectivity index (χ1n) is 6.13. The molecule has 0 bridgehead atoms. The lowest BCUT2D eigenvalue weighted by atomic mass is 10.1. The quantitative estimate of drug-likeness (QED) is 0.827. The van der Waals surface area contributed by atoms with Crippen molar-refractivity contribution in [3.05, 3.63) is 46.8 Å². The largest absolute Gasteiger partial charge is 0.360 e. The van der Waals surface area contributed by atoms with Crippen molar-refractivity contribution in [2.24, 2.45) is 0 Å². The second-order valence-corrected chi connectivity index (χ2v) is 6.15. The molecule has 0 fully saturated rings. The molecule has 0 saturated carbocycles. The maximum atomic E-state index is 12.1. The van der Waals surface area contributed by atoms with E-state index in [1.54, 1.807) is 31.2 Å². The summed E-state index contributed by atoms with van der Waals surface area (Å²) in [6, 6.07) is 6.86. The number of nitrogens with zero attached hydrogens (tertiary/aromatic N) is 1. The fourth-order valence-corrected chi connectivity index (χ4v) is 3.09. The number of sulfonamides is 1. The maximum absolute atomic E-state index is 12.1. The molecule has 8 heteroatoms. The average Bonchev–Trinajstić information content (AvgIpc) is 2.77. The zero-order valence-corrected chi connectivity index (χ0v) is 12.6. The molecule has 112 valence electrons. The van der Waals surface area contributed by atoms with E-state index in [0.717, 1.165) is 5.56 Å². The van der Waals surface area contributed by atoms with Crippen LogP contribution in [0.1, 0.15) is 27.4 Å². The molecule has 1 heterocycles. The molecule has 1 amide bonds. The van der Waals surface area contributed by atoms with Crippen LogP contribution in [0.3, 0.4) is 0 Å². The Hall–Kier alpha value is -2.19. The molecule has 0 spiro atoms. The van der Waals surface area contributed by atoms with Gasteiger partial charge in [0.25, 0.3) is 15.9 Å². The maximum Gasteiger partial charge on any atom is 0.266 e. The third kappa shape index (κ3) is 3.11. The molecule has 1 aromatic carbocycles. The number of rotatable bonds is 4. The topological polar surface area (TPSA) is 101 Å². The minimum absolute atomic E-state index is 0.0763. The van der Waals surface area contributed by atoms with Crippen LogP contribution in [0.5, 0.6) is 0 Å². The number of carbonyl (C=O) groups excluding carboxylic acids is 1. The van der Waals surface area contributed by atoms with Gasteiger partial charge in [-0.05, 0) is 32.4 Å². The van der Waals surface area contributed by atoms with Gasteiger partial charge in [0.1, 0.15) is 10.6 Å². The Morgan fingerprint density at radius 1 is 1.19 bits per heavy atom. The van der Waals surface area contributed by atoms with Crippen molar-refractivity contribution in [2.75, 3.05) is 0 Å². The Balaban J connectivity index is 2.17. The predicted molar refractivity (Wildman–Crippen MR) is 74.9 cm³/mol. The van der Waals surface area contributed by atoms with Crippen LogP contribution in [0.2, 0.25) is 0 Å². The molecule has 7 nitrogen and oxygen atoms in total. The van der Waals surface area contributed by atoms with E-state index >= 15 is 0 Å². The minimum Gasteiger partial charge on any atom is -0.360 e. The van der Waals surface area contributed by atoms with Gasteiger partial charge in [-0.1, -0.05) is 23.4 Å². The molecule has 0 atom stereocenters. The van der Waals surface area contributed by atoms with E-state index in [0.29, 0.717) is 5.56 Å². The van der Waals surface area contributed by atoms with Crippen molar-refractivity contribution >= 4 is 15.9 Å². The monoisotopic (exact) mass is 309 g/mol. The van der Waals surface area contributed by atoms with Gasteiger partial charge in [-0.25, -0.2) is 8.42 Å². The molecule has 0 aliphatic carbocycles. The van der Waals surface area contributed by atoms with E-state index in [9.17, 15) is 13.2 Å². The second-order valence-electron chi connectivity index (χ2n) is 4.53. The lowest BCUT2D eigenvalue weighted by molar-refractivity contribution is 0.0944. The van der Waals surface area contributed by atoms with E-state index in [1.807, 2.05) is 4.83 Å². The molecule has 1 aromatic heterocycles. The highest BCUT2D eigenvalue weighted by Crippen LogP contribution is 2.18. The molecule has 0 unspecified atom stereocenters. The number of hydrogen-bond donors (Lipinski definition) is 2. The average molecular weight is 309 g/mol. The van der Waals surface area contributed by atoms with Crippen LogP contribution in [-0.2, 0) is 10.0 Å². The number of hydrazine groups is 1. The Morgan fingerprint density at radius 3 is 2.43 bits per heavy atom. The molecule has 0 radical (unpaired) electrons. The van der Waals surface area contributed by atoms with E-state index in [1.165, 1.54) is 13.8 Å². The molecule has 0 saturated heterocycles. The molecule has 2 rings (SSSR count). The Bertz CT molecular complexity index is 761. The summed E-state index contributed by atoms with van der Waals surface area (Å²) in [4.78, 5) is 13.9. The molecular weight excluding hydrogens is 294 g/mol. The van der Waals surface area contributed by atoms with Crippen molar-refractivity contribution < 1.29 is 17.7 Å². The van der Waals surface area contributed by atoms with Crippen LogP contribution in [0, 0.1) is 20.8 Å². The van der Waals surface area contributed by atoms with Gasteiger partial charge in [0, 0.05) is 5.56 Å². The highest BCUT2D eigenvalue weighted by Gasteiger charge is 2.24. The lowest BCUT2D eigenvalue weighted by Crippen LogP contribution is -2.42. The first kappa shape index (κ1) is 15.2. The minimum atomic E-state index is -3.93. The summed E-state index contributed by atoms with van der Waals surface area (Å²) in [5, 5.41) is 3.57. The second kappa shape index (κ2) is 5.66. The number of benzene rings is 1. The van der Waals surface area contributed by atoms with Gasteiger partial charge in [0.05, 0.1) is 0 Å². The lowest BCUT2D eigenvalue weighted by Gasteiger charge is -2.09. The summed E-state index contributed by atoms with van der Waals surface area (Å²) >= 11 is 0. The van der Waals surface area contributed by atoms with Gasteiger partial charge in [-0.2, -0.15) is 0 Å². The summed E-state index contributed by atoms with van der Waals surface area (Å²) in [6.45, 7) is 4.75. The van der Waals surface area contributed by atoms with Crippen molar-refractivity contribution in [2.45, 2.75) is 25.7 Å². The molecule has 2 N–H and O–H groups in total. The van der Waals surface area contributed by atoms with Crippen molar-refractivity contribution in [3.8, 4) is 0 Å². The van der Waals surface area contributed by atoms with Crippen LogP contribution >= 0.6 is 0 Å². The third-order valence-corrected chi connectivity index (χ3v) is 4.42. The predicted octanol–water partition coefficient (Wildman–Crippen LogP) is 1.22. The first-order valence-corrected chi connectivity index (χ1v) is 7.62. The molecule has 21 heavy (non-hydrogen) atoms. The number of carbonyl (C=O) groups is 1. The van der Waals surface area contributed by atoms with Gasteiger partial charge in [-0.3, -0.25) is 10.2 Å². The van der Waals surface area contributed by atoms with Crippen molar-refractivity contribution in [1.29, 1.82) is 0 Å². The fraction of sp³-hybridized carbons (Fsp3) is 0.231. The van der Waals surface area contributed by atoms with Gasteiger partial charge in [0.15, 0.2) is 5.76 Å². The highest BCUT2D eigenvalue weighted by molar-refractivity contribution is 7.89. The van der Waals surface area contributed by atoms with Crippen LogP contribution < -0.4 is 10.3 Å². The van der Waals surface area contributed by atoms with Crippen LogP contribution in [0.4, 0.5) is 0 Å². The number of aromatic nitrogens is 1. The zero-order valence-electron chi connectivity index (χ0n) is 11.8. The zero-order chi connectivity index (χ0) is 15.6. The summed E-state index contributed by atoms with van der Waals surface area (Å²) < 4.78 is 29.1. The Morgan fingerprint density at radius 2 is 1.86 bits per heavy atom. The van der Waals surface area contributed by atoms with E-state index < -0.39 is 15.9 Å². The van der Waals surface area contributed by atoms with E-state index in [2.05, 4.69) is 10.6 Å². The Labute approximate surface area is 122 Å². The van der Waals surface area contributed by atoms with Gasteiger partial charge >= 0.3 is 0 Å². The van der Waals surface area contributed by atoms with Gasteiger partial charge in [-0.15, -0.1) is 4.83 Å². The molecule has 0 aliphatic heterocycles. The number of hydrogen-bond acceptors (Lipinski definition) is 5. The van der Waals surface area contributed by atoms with Crippen molar-refractivity contribution in [1.82, 2.24) is 15.4 Å². The van der Waals surface area contributed by atoms with E-state index in [4.69, 9.17) is 4.52 Å². The van der Waals surface area contributed by atoms with Crippen LogP contribution in [0.25, 0.3) is 0 Å². The van der Waals surface area contributed by atoms with Crippen LogP contribution in [-0.4, -0.2) is 19.5 Å². The summed E-state index contributed by atoms with van der Waals surface area (Å²) in [6.07, 6.45) is 0. The summed E-state index contributed by atoms with van der Waals surface area (Å²) in [5.41, 5.74) is 3.53. The number of nitrogens with one attached hydrogen (secondary N) is 2. The first-order chi connectivity index (χ1) is 9.83. The summed E-state index contributed by atoms with van der Waals surface area (Å²) in [7, 11) is -3.93. The standard InChI is InChI=1S/C13H15N3O4S/c1-8-6-4-5-7-11(8)13(17)14-16-21(18,19)12-9(2)15-20-10(12)3/h4-7,16H,1-3H3,(H,14,17). The number of amides is 1. The normalized spacial score (nSPS) is 11.4. The van der Waals surface area contributed by atoms with Crippen LogP contribution in [0.15, 0.2) is 33.7 Å². The molecular formula is C13H15N3O4S. The van der Waals surface area contributed by atoms with E-state index in [-0.39, 0.29) is 16.3 Å². The fourth-order valence-electron chi connectivity index (χ4n) is 1.92. The van der Waals surface area contributed by atoms with Crippen molar-refractivity contribution in [3.63, 3.8) is 0 Å². The van der Waals surface area contributed by atoms with Gasteiger partial charge in [0.2, 0.25) is 0 Å². The smallest absolute Gasteiger partial charge is 0.266 e. The highest BCUT2D eigenvalue weighted by atomic mass is 32.2. The van der Waals surface area contributed by atoms with Gasteiger partial charge < -0.3 is 4.52 Å². The number of aryl methyl sites for hydroxylation is 3. The Kier molecular flexibility index (Phi) is 4.10.